The molecule has 0 aliphatic heterocycles. The predicted octanol–water partition coefficient (Wildman–Crippen LogP) is 2.70. The highest BCUT2D eigenvalue weighted by atomic mass is 16.5. The molecule has 0 heterocycles. The first-order valence-corrected chi connectivity index (χ1v) is 6.16. The molecule has 0 aromatic heterocycles. The zero-order valence-corrected chi connectivity index (χ0v) is 10.7. The molecule has 0 amide bonds. The predicted molar refractivity (Wildman–Crippen MR) is 71.5 cm³/mol. The summed E-state index contributed by atoms with van der Waals surface area (Å²) in [7, 11) is 0. The first-order chi connectivity index (χ1) is 8.27. The fraction of sp³-hybridized carbons (Fsp3) is 0.467. The van der Waals surface area contributed by atoms with Gasteiger partial charge in [-0.2, -0.15) is 0 Å². The van der Waals surface area contributed by atoms with E-state index < -0.39 is 0 Å². The number of rotatable bonds is 5. The van der Waals surface area contributed by atoms with Crippen LogP contribution in [0.2, 0.25) is 0 Å². The molecule has 0 spiro atoms. The van der Waals surface area contributed by atoms with Crippen molar-refractivity contribution in [1.82, 2.24) is 0 Å². The molecule has 1 aromatic carbocycles. The van der Waals surface area contributed by atoms with E-state index in [1.807, 2.05) is 18.2 Å². The molecular weight excluding hydrogens is 210 g/mol. The molecule has 0 aliphatic carbocycles. The smallest absolute Gasteiger partial charge is 0.0732 e. The van der Waals surface area contributed by atoms with E-state index in [0.29, 0.717) is 19.3 Å². The van der Waals surface area contributed by atoms with Crippen LogP contribution in [0.4, 0.5) is 0 Å². The van der Waals surface area contributed by atoms with Crippen molar-refractivity contribution >= 4 is 0 Å². The maximum atomic E-state index is 5.79. The zero-order valence-electron chi connectivity index (χ0n) is 10.7. The Morgan fingerprint density at radius 1 is 1.35 bits per heavy atom. The summed E-state index contributed by atoms with van der Waals surface area (Å²) >= 11 is 0. The Bertz CT molecular complexity index is 389. The molecule has 0 radical (unpaired) electrons. The molecule has 1 atom stereocenters. The summed E-state index contributed by atoms with van der Waals surface area (Å²) in [6.45, 7) is 5.29. The van der Waals surface area contributed by atoms with Crippen molar-refractivity contribution < 1.29 is 4.74 Å². The number of hydrogen-bond donors (Lipinski definition) is 1. The Kier molecular flexibility index (Phi) is 6.39. The SMILES string of the molecule is CCCC(C)OCc1ccccc1C#CCN. The first-order valence-electron chi connectivity index (χ1n) is 6.16. The lowest BCUT2D eigenvalue weighted by molar-refractivity contribution is 0.0471. The van der Waals surface area contributed by atoms with Crippen molar-refractivity contribution in [2.24, 2.45) is 5.73 Å². The molecule has 2 heteroatoms. The standard InChI is InChI=1S/C15H21NO/c1-3-7-13(2)17-12-15-9-5-4-8-14(15)10-6-11-16/h4-5,8-9,13H,3,7,11-12,16H2,1-2H3. The van der Waals surface area contributed by atoms with Gasteiger partial charge in [-0.1, -0.05) is 43.4 Å². The molecule has 92 valence electrons. The third-order valence-corrected chi connectivity index (χ3v) is 2.56. The average molecular weight is 231 g/mol. The molecule has 17 heavy (non-hydrogen) atoms. The Balaban J connectivity index is 2.63. The van der Waals surface area contributed by atoms with Crippen LogP contribution in [0.1, 0.15) is 37.8 Å². The van der Waals surface area contributed by atoms with Gasteiger partial charge in [0.15, 0.2) is 0 Å². The largest absolute Gasteiger partial charge is 0.374 e. The molecule has 0 aliphatic rings. The van der Waals surface area contributed by atoms with Crippen LogP contribution in [0.3, 0.4) is 0 Å². The van der Waals surface area contributed by atoms with Crippen LogP contribution < -0.4 is 5.73 Å². The second kappa shape index (κ2) is 7.89. The van der Waals surface area contributed by atoms with Gasteiger partial charge in [0, 0.05) is 5.56 Å². The third-order valence-electron chi connectivity index (χ3n) is 2.56. The second-order valence-corrected chi connectivity index (χ2v) is 4.07. The van der Waals surface area contributed by atoms with Gasteiger partial charge in [-0.05, 0) is 25.0 Å². The van der Waals surface area contributed by atoms with Crippen LogP contribution in [-0.2, 0) is 11.3 Å². The van der Waals surface area contributed by atoms with Crippen LogP contribution in [-0.4, -0.2) is 12.6 Å². The van der Waals surface area contributed by atoms with Crippen molar-refractivity contribution in [1.29, 1.82) is 0 Å². The lowest BCUT2D eigenvalue weighted by atomic mass is 10.1. The van der Waals surface area contributed by atoms with Crippen LogP contribution >= 0.6 is 0 Å². The van der Waals surface area contributed by atoms with E-state index in [1.54, 1.807) is 0 Å². The highest BCUT2D eigenvalue weighted by Crippen LogP contribution is 2.11. The van der Waals surface area contributed by atoms with E-state index in [-0.39, 0.29) is 0 Å². The van der Waals surface area contributed by atoms with Crippen molar-refractivity contribution in [2.75, 3.05) is 6.54 Å². The second-order valence-electron chi connectivity index (χ2n) is 4.07. The molecule has 1 rings (SSSR count). The minimum Gasteiger partial charge on any atom is -0.374 e. The summed E-state index contributed by atoms with van der Waals surface area (Å²) in [5.41, 5.74) is 7.53. The average Bonchev–Trinajstić information content (AvgIpc) is 2.35. The molecule has 0 saturated heterocycles. The lowest BCUT2D eigenvalue weighted by Gasteiger charge is -2.12. The highest BCUT2D eigenvalue weighted by molar-refractivity contribution is 5.41. The third kappa shape index (κ3) is 5.04. The van der Waals surface area contributed by atoms with E-state index in [4.69, 9.17) is 10.5 Å². The molecule has 2 N–H and O–H groups in total. The van der Waals surface area contributed by atoms with Gasteiger partial charge in [0.2, 0.25) is 0 Å². The zero-order chi connectivity index (χ0) is 12.5. The fourth-order valence-electron chi connectivity index (χ4n) is 1.64. The lowest BCUT2D eigenvalue weighted by Crippen LogP contribution is -2.08. The van der Waals surface area contributed by atoms with Crippen LogP contribution in [0.15, 0.2) is 24.3 Å². The van der Waals surface area contributed by atoms with E-state index in [2.05, 4.69) is 31.8 Å². The first kappa shape index (κ1) is 13.8. The summed E-state index contributed by atoms with van der Waals surface area (Å²) in [6.07, 6.45) is 2.54. The molecule has 2 nitrogen and oxygen atoms in total. The van der Waals surface area contributed by atoms with Gasteiger partial charge < -0.3 is 10.5 Å². The Hall–Kier alpha value is -1.30. The molecule has 0 fully saturated rings. The van der Waals surface area contributed by atoms with Crippen molar-refractivity contribution in [3.8, 4) is 11.8 Å². The summed E-state index contributed by atoms with van der Waals surface area (Å²) in [5.74, 6) is 5.95. The van der Waals surface area contributed by atoms with Crippen LogP contribution in [0.25, 0.3) is 0 Å². The van der Waals surface area contributed by atoms with Gasteiger partial charge in [0.05, 0.1) is 19.3 Å². The highest BCUT2D eigenvalue weighted by Gasteiger charge is 2.03. The van der Waals surface area contributed by atoms with Gasteiger partial charge in [-0.3, -0.25) is 0 Å². The van der Waals surface area contributed by atoms with E-state index in [0.717, 1.165) is 24.0 Å². The molecular formula is C15H21NO. The Morgan fingerprint density at radius 3 is 2.82 bits per heavy atom. The molecule has 1 unspecified atom stereocenters. The maximum Gasteiger partial charge on any atom is 0.0732 e. The quantitative estimate of drug-likeness (QED) is 0.791. The van der Waals surface area contributed by atoms with Gasteiger partial charge in [0.1, 0.15) is 0 Å². The molecule has 0 saturated carbocycles. The van der Waals surface area contributed by atoms with Crippen LogP contribution in [0.5, 0.6) is 0 Å². The van der Waals surface area contributed by atoms with E-state index >= 15 is 0 Å². The fourth-order valence-corrected chi connectivity index (χ4v) is 1.64. The minimum absolute atomic E-state index is 0.301. The normalized spacial score (nSPS) is 11.7. The maximum absolute atomic E-state index is 5.79. The summed E-state index contributed by atoms with van der Waals surface area (Å²) in [4.78, 5) is 0. The Labute approximate surface area is 104 Å². The molecule has 0 bridgehead atoms. The monoisotopic (exact) mass is 231 g/mol. The summed E-state index contributed by atoms with van der Waals surface area (Å²) < 4.78 is 5.79. The topological polar surface area (TPSA) is 35.2 Å². The number of nitrogens with two attached hydrogens (primary N) is 1. The molecule has 1 aromatic rings. The van der Waals surface area contributed by atoms with E-state index in [9.17, 15) is 0 Å². The van der Waals surface area contributed by atoms with Crippen molar-refractivity contribution in [3.63, 3.8) is 0 Å². The number of benzene rings is 1. The van der Waals surface area contributed by atoms with Gasteiger partial charge in [0.25, 0.3) is 0 Å². The van der Waals surface area contributed by atoms with Gasteiger partial charge in [-0.25, -0.2) is 0 Å². The van der Waals surface area contributed by atoms with Crippen molar-refractivity contribution in [2.45, 2.75) is 39.4 Å². The van der Waals surface area contributed by atoms with Gasteiger partial charge >= 0.3 is 0 Å². The van der Waals surface area contributed by atoms with Crippen molar-refractivity contribution in [3.05, 3.63) is 35.4 Å². The minimum atomic E-state index is 0.301. The van der Waals surface area contributed by atoms with Gasteiger partial charge in [-0.15, -0.1) is 0 Å². The van der Waals surface area contributed by atoms with E-state index in [1.165, 1.54) is 0 Å². The summed E-state index contributed by atoms with van der Waals surface area (Å²) in [6, 6.07) is 8.06. The van der Waals surface area contributed by atoms with Crippen LogP contribution in [0, 0.1) is 11.8 Å². The summed E-state index contributed by atoms with van der Waals surface area (Å²) in [5, 5.41) is 0. The number of hydrogen-bond acceptors (Lipinski definition) is 2. The Morgan fingerprint density at radius 2 is 2.12 bits per heavy atom. The number of ether oxygens (including phenoxy) is 1.